The Labute approximate surface area is 113 Å². The summed E-state index contributed by atoms with van der Waals surface area (Å²) in [7, 11) is -8.31. The van der Waals surface area contributed by atoms with Gasteiger partial charge in [-0.05, 0) is 0 Å². The van der Waals surface area contributed by atoms with Gasteiger partial charge in [0.1, 0.15) is 25.4 Å². The van der Waals surface area contributed by atoms with Crippen molar-refractivity contribution in [2.75, 3.05) is 13.2 Å². The van der Waals surface area contributed by atoms with Gasteiger partial charge < -0.3 is 9.47 Å². The smallest absolute Gasteiger partial charge is 0.424 e. The van der Waals surface area contributed by atoms with Gasteiger partial charge in [-0.3, -0.25) is 0 Å². The fraction of sp³-hybridized carbons (Fsp3) is 0.857. The minimum absolute atomic E-state index is 0.388. The van der Waals surface area contributed by atoms with Gasteiger partial charge in [-0.2, -0.15) is 16.8 Å². The van der Waals surface area contributed by atoms with Crippen LogP contribution in [-0.2, 0) is 47.0 Å². The maximum atomic E-state index is 11.2. The largest absolute Gasteiger partial charge is 0.509 e. The van der Waals surface area contributed by atoms with E-state index >= 15 is 0 Å². The molecule has 0 spiro atoms. The lowest BCUT2D eigenvalue weighted by Crippen LogP contribution is -2.44. The molecule has 0 aromatic carbocycles. The Balaban J connectivity index is 1.78. The molecule has 3 rings (SSSR count). The molecule has 3 heterocycles. The van der Waals surface area contributed by atoms with Crippen LogP contribution in [0, 0.1) is 0 Å². The molecule has 0 aromatic rings. The molecule has 3 aliphatic heterocycles. The quantitative estimate of drug-likeness (QED) is 0.529. The zero-order chi connectivity index (χ0) is 14.5. The third-order valence-corrected chi connectivity index (χ3v) is 4.57. The van der Waals surface area contributed by atoms with Crippen molar-refractivity contribution in [3.63, 3.8) is 0 Å². The van der Waals surface area contributed by atoms with Crippen LogP contribution >= 0.6 is 0 Å². The van der Waals surface area contributed by atoms with Crippen molar-refractivity contribution in [2.24, 2.45) is 0 Å². The van der Waals surface area contributed by atoms with Gasteiger partial charge >= 0.3 is 27.0 Å². The maximum Gasteiger partial charge on any atom is 0.509 e. The fourth-order valence-electron chi connectivity index (χ4n) is 1.97. The topological polar surface area (TPSA) is 141 Å². The van der Waals surface area contributed by atoms with Gasteiger partial charge in [0.15, 0.2) is 12.2 Å². The molecule has 11 nitrogen and oxygen atoms in total. The van der Waals surface area contributed by atoms with Crippen LogP contribution in [0.2, 0.25) is 0 Å². The molecule has 4 atom stereocenters. The zero-order valence-electron chi connectivity index (χ0n) is 9.53. The maximum absolute atomic E-state index is 11.2. The first-order valence-corrected chi connectivity index (χ1v) is 7.95. The normalized spacial score (nSPS) is 42.3. The molecule has 0 aliphatic carbocycles. The first-order valence-electron chi connectivity index (χ1n) is 5.28. The van der Waals surface area contributed by atoms with Gasteiger partial charge in [-0.25, -0.2) is 21.5 Å². The number of carbonyl (C=O) groups excluding carboxylic acids is 1. The summed E-state index contributed by atoms with van der Waals surface area (Å²) in [5, 5.41) is 0. The van der Waals surface area contributed by atoms with E-state index in [2.05, 4.69) is 16.7 Å². The molecular formula is C7H8O11S2. The van der Waals surface area contributed by atoms with E-state index in [0.29, 0.717) is 0 Å². The van der Waals surface area contributed by atoms with E-state index in [-0.39, 0.29) is 13.2 Å². The Kier molecular flexibility index (Phi) is 3.15. The second-order valence-corrected chi connectivity index (χ2v) is 6.56. The first-order chi connectivity index (χ1) is 9.26. The average molecular weight is 332 g/mol. The fourth-order valence-corrected chi connectivity index (χ4v) is 3.62. The second-order valence-electron chi connectivity index (χ2n) is 4.07. The summed E-state index contributed by atoms with van der Waals surface area (Å²) < 4.78 is 71.5. The summed E-state index contributed by atoms with van der Waals surface area (Å²) in [5.41, 5.74) is 0. The second kappa shape index (κ2) is 4.51. The average Bonchev–Trinajstić information content (AvgIpc) is 2.96. The number of carbonyl (C=O) groups is 1. The Bertz CT molecular complexity index is 567. The van der Waals surface area contributed by atoms with E-state index in [9.17, 15) is 21.6 Å². The SMILES string of the molecule is O=C1OC(C2COS(=O)(=O)O2)C(C2COS(=O)(=O)O2)O1. The third kappa shape index (κ3) is 2.59. The Morgan fingerprint density at radius 3 is 1.50 bits per heavy atom. The molecule has 3 aliphatic rings. The molecule has 0 bridgehead atoms. The van der Waals surface area contributed by atoms with Gasteiger partial charge in [-0.15, -0.1) is 0 Å². The van der Waals surface area contributed by atoms with Crippen LogP contribution in [0.5, 0.6) is 0 Å². The summed E-state index contributed by atoms with van der Waals surface area (Å²) in [6.45, 7) is -0.777. The highest BCUT2D eigenvalue weighted by atomic mass is 32.3. The van der Waals surface area contributed by atoms with E-state index < -0.39 is 51.4 Å². The predicted octanol–water partition coefficient (Wildman–Crippen LogP) is -1.79. The van der Waals surface area contributed by atoms with Crippen molar-refractivity contribution in [1.29, 1.82) is 0 Å². The van der Waals surface area contributed by atoms with Crippen molar-refractivity contribution in [2.45, 2.75) is 24.4 Å². The molecule has 0 N–H and O–H groups in total. The summed E-state index contributed by atoms with van der Waals surface area (Å²) in [5.74, 6) is 0. The summed E-state index contributed by atoms with van der Waals surface area (Å²) in [6.07, 6.45) is -5.78. The molecule has 0 radical (unpaired) electrons. The van der Waals surface area contributed by atoms with Crippen LogP contribution in [0.4, 0.5) is 4.79 Å². The van der Waals surface area contributed by atoms with Gasteiger partial charge in [0, 0.05) is 0 Å². The summed E-state index contributed by atoms with van der Waals surface area (Å²) in [4.78, 5) is 11.2. The Morgan fingerprint density at radius 2 is 1.20 bits per heavy atom. The molecule has 0 saturated carbocycles. The highest BCUT2D eigenvalue weighted by molar-refractivity contribution is 7.82. The minimum Gasteiger partial charge on any atom is -0.424 e. The molecule has 0 aromatic heterocycles. The van der Waals surface area contributed by atoms with Crippen LogP contribution in [0.15, 0.2) is 0 Å². The first kappa shape index (κ1) is 14.0. The van der Waals surface area contributed by atoms with Crippen molar-refractivity contribution >= 4 is 27.0 Å². The highest BCUT2D eigenvalue weighted by Gasteiger charge is 2.54. The number of ether oxygens (including phenoxy) is 2. The van der Waals surface area contributed by atoms with Crippen LogP contribution in [0.3, 0.4) is 0 Å². The lowest BCUT2D eigenvalue weighted by molar-refractivity contribution is -0.00260. The van der Waals surface area contributed by atoms with Gasteiger partial charge in [0.2, 0.25) is 0 Å². The van der Waals surface area contributed by atoms with E-state index in [1.165, 1.54) is 0 Å². The number of cyclic esters (lactones) is 2. The minimum atomic E-state index is -4.16. The van der Waals surface area contributed by atoms with Crippen molar-refractivity contribution in [3.8, 4) is 0 Å². The third-order valence-electron chi connectivity index (χ3n) is 2.76. The van der Waals surface area contributed by atoms with Crippen LogP contribution in [0.1, 0.15) is 0 Å². The number of rotatable bonds is 2. The molecule has 20 heavy (non-hydrogen) atoms. The molecular weight excluding hydrogens is 324 g/mol. The predicted molar refractivity (Wildman–Crippen MR) is 54.6 cm³/mol. The van der Waals surface area contributed by atoms with Crippen LogP contribution in [-0.4, -0.2) is 60.6 Å². The van der Waals surface area contributed by atoms with Crippen molar-refractivity contribution in [3.05, 3.63) is 0 Å². The van der Waals surface area contributed by atoms with Crippen molar-refractivity contribution < 1.29 is 47.8 Å². The monoisotopic (exact) mass is 332 g/mol. The Hall–Kier alpha value is -0.990. The van der Waals surface area contributed by atoms with Gasteiger partial charge in [0.25, 0.3) is 0 Å². The summed E-state index contributed by atoms with van der Waals surface area (Å²) >= 11 is 0. The number of hydrogen-bond acceptors (Lipinski definition) is 11. The van der Waals surface area contributed by atoms with Gasteiger partial charge in [0.05, 0.1) is 0 Å². The standard InChI is InChI=1S/C7H8O11S2/c8-7-15-5(3-1-13-19(9,10)17-3)6(16-7)4-2-14-20(11,12)18-4/h3-6H,1-2H2. The lowest BCUT2D eigenvalue weighted by atomic mass is 10.0. The van der Waals surface area contributed by atoms with Crippen molar-refractivity contribution in [1.82, 2.24) is 0 Å². The van der Waals surface area contributed by atoms with Crippen LogP contribution < -0.4 is 0 Å². The Morgan fingerprint density at radius 1 is 0.800 bits per heavy atom. The molecule has 3 saturated heterocycles. The summed E-state index contributed by atoms with van der Waals surface area (Å²) in [6, 6.07) is 0. The molecule has 13 heteroatoms. The molecule has 4 unspecified atom stereocenters. The van der Waals surface area contributed by atoms with Crippen LogP contribution in [0.25, 0.3) is 0 Å². The van der Waals surface area contributed by atoms with E-state index in [4.69, 9.17) is 9.47 Å². The zero-order valence-corrected chi connectivity index (χ0v) is 11.2. The van der Waals surface area contributed by atoms with Gasteiger partial charge in [-0.1, -0.05) is 0 Å². The molecule has 114 valence electrons. The molecule has 3 fully saturated rings. The highest BCUT2D eigenvalue weighted by Crippen LogP contribution is 2.31. The van der Waals surface area contributed by atoms with E-state index in [1.807, 2.05) is 0 Å². The number of hydrogen-bond donors (Lipinski definition) is 0. The lowest BCUT2D eigenvalue weighted by Gasteiger charge is -2.20. The van der Waals surface area contributed by atoms with E-state index in [0.717, 1.165) is 0 Å². The molecule has 0 amide bonds. The van der Waals surface area contributed by atoms with E-state index in [1.54, 1.807) is 0 Å².